The first-order valence-corrected chi connectivity index (χ1v) is 5.04. The van der Waals surface area contributed by atoms with Crippen molar-refractivity contribution in [2.45, 2.75) is 0 Å². The first-order valence-electron chi connectivity index (χ1n) is 5.04. The third kappa shape index (κ3) is 1.85. The number of hydrogen-bond donors (Lipinski definition) is 4. The lowest BCUT2D eigenvalue weighted by Gasteiger charge is -2.09. The fourth-order valence-corrected chi connectivity index (χ4v) is 1.80. The summed E-state index contributed by atoms with van der Waals surface area (Å²) in [5.74, 6) is 3.03. The van der Waals surface area contributed by atoms with Gasteiger partial charge in [0.1, 0.15) is 5.75 Å². The highest BCUT2D eigenvalue weighted by atomic mass is 16.4. The zero-order chi connectivity index (χ0) is 13.3. The molecule has 0 aliphatic rings. The van der Waals surface area contributed by atoms with Crippen LogP contribution in [0.4, 0.5) is 0 Å². The van der Waals surface area contributed by atoms with Gasteiger partial charge in [-0.1, -0.05) is 12.1 Å². The number of fused-ring (bicyclic) bond motifs is 1. The maximum absolute atomic E-state index is 11.7. The lowest BCUT2D eigenvalue weighted by Crippen LogP contribution is -2.31. The smallest absolute Gasteiger partial charge is 0.336 e. The number of carboxylic acids is 1. The van der Waals surface area contributed by atoms with Crippen LogP contribution >= 0.6 is 0 Å². The first kappa shape index (κ1) is 11.9. The number of hydrogen-bond acceptors (Lipinski definition) is 4. The molecule has 0 heterocycles. The van der Waals surface area contributed by atoms with Crippen LogP contribution in [0, 0.1) is 0 Å². The molecule has 0 spiro atoms. The van der Waals surface area contributed by atoms with Crippen LogP contribution in [0.5, 0.6) is 5.75 Å². The van der Waals surface area contributed by atoms with E-state index in [1.807, 2.05) is 5.43 Å². The van der Waals surface area contributed by atoms with Gasteiger partial charge in [-0.15, -0.1) is 0 Å². The van der Waals surface area contributed by atoms with Crippen molar-refractivity contribution in [3.8, 4) is 5.75 Å². The Labute approximate surface area is 102 Å². The number of benzene rings is 2. The van der Waals surface area contributed by atoms with Crippen LogP contribution in [0.1, 0.15) is 20.7 Å². The lowest BCUT2D eigenvalue weighted by molar-refractivity contribution is 0.0691. The van der Waals surface area contributed by atoms with Crippen LogP contribution in [0.2, 0.25) is 0 Å². The molecule has 0 unspecified atom stereocenters. The monoisotopic (exact) mass is 246 g/mol. The molecule has 0 saturated carbocycles. The number of phenols is 1. The van der Waals surface area contributed by atoms with Gasteiger partial charge in [-0.3, -0.25) is 10.2 Å². The molecule has 0 bridgehead atoms. The molecule has 1 amide bonds. The summed E-state index contributed by atoms with van der Waals surface area (Å²) >= 11 is 0. The molecule has 0 aliphatic carbocycles. The fourth-order valence-electron chi connectivity index (χ4n) is 1.80. The van der Waals surface area contributed by atoms with Gasteiger partial charge in [0.05, 0.1) is 11.1 Å². The van der Waals surface area contributed by atoms with Gasteiger partial charge in [-0.2, -0.15) is 0 Å². The number of nitrogens with two attached hydrogens (primary N) is 1. The van der Waals surface area contributed by atoms with Gasteiger partial charge < -0.3 is 10.2 Å². The van der Waals surface area contributed by atoms with Crippen LogP contribution in [0.15, 0.2) is 30.3 Å². The topological polar surface area (TPSA) is 113 Å². The number of aromatic carboxylic acids is 1. The van der Waals surface area contributed by atoms with E-state index in [0.717, 1.165) is 0 Å². The van der Waals surface area contributed by atoms with Gasteiger partial charge in [0, 0.05) is 0 Å². The summed E-state index contributed by atoms with van der Waals surface area (Å²) < 4.78 is 0. The predicted molar refractivity (Wildman–Crippen MR) is 64.2 cm³/mol. The van der Waals surface area contributed by atoms with E-state index in [9.17, 15) is 14.7 Å². The van der Waals surface area contributed by atoms with Crippen molar-refractivity contribution in [2.24, 2.45) is 5.84 Å². The summed E-state index contributed by atoms with van der Waals surface area (Å²) in [6.07, 6.45) is 0. The Bertz CT molecular complexity index is 652. The highest BCUT2D eigenvalue weighted by Gasteiger charge is 2.19. The number of carbonyl (C=O) groups excluding carboxylic acids is 1. The molecule has 2 rings (SSSR count). The van der Waals surface area contributed by atoms with Crippen LogP contribution in [-0.4, -0.2) is 22.1 Å². The summed E-state index contributed by atoms with van der Waals surface area (Å²) in [6.45, 7) is 0. The number of nitrogen functional groups attached to an aromatic ring is 1. The Kier molecular flexibility index (Phi) is 2.86. The molecule has 2 aromatic rings. The molecular formula is C12H10N2O4. The van der Waals surface area contributed by atoms with E-state index in [-0.39, 0.29) is 16.9 Å². The predicted octanol–water partition coefficient (Wildman–Crippen LogP) is 0.847. The summed E-state index contributed by atoms with van der Waals surface area (Å²) in [5.41, 5.74) is 1.66. The zero-order valence-corrected chi connectivity index (χ0v) is 9.18. The number of amides is 1. The van der Waals surface area contributed by atoms with E-state index in [1.165, 1.54) is 18.2 Å². The second-order valence-corrected chi connectivity index (χ2v) is 3.67. The number of phenolic OH excluding ortho intramolecular Hbond substituents is 1. The van der Waals surface area contributed by atoms with E-state index < -0.39 is 11.9 Å². The van der Waals surface area contributed by atoms with Crippen LogP contribution in [0.3, 0.4) is 0 Å². The SMILES string of the molecule is NNC(=O)c1c(C(=O)O)ccc2ccc(O)cc12. The molecule has 92 valence electrons. The molecule has 5 N–H and O–H groups in total. The Morgan fingerprint density at radius 2 is 1.83 bits per heavy atom. The molecule has 0 radical (unpaired) electrons. The van der Waals surface area contributed by atoms with E-state index in [4.69, 9.17) is 10.9 Å². The quantitative estimate of drug-likeness (QED) is 0.356. The van der Waals surface area contributed by atoms with Crippen molar-refractivity contribution < 1.29 is 19.8 Å². The van der Waals surface area contributed by atoms with Crippen molar-refractivity contribution >= 4 is 22.6 Å². The van der Waals surface area contributed by atoms with Crippen molar-refractivity contribution in [2.75, 3.05) is 0 Å². The molecule has 0 fully saturated rings. The molecule has 2 aromatic carbocycles. The van der Waals surface area contributed by atoms with Crippen molar-refractivity contribution in [3.05, 3.63) is 41.5 Å². The Morgan fingerprint density at radius 1 is 1.17 bits per heavy atom. The molecule has 0 aliphatic heterocycles. The second-order valence-electron chi connectivity index (χ2n) is 3.67. The number of carbonyl (C=O) groups is 2. The fraction of sp³-hybridized carbons (Fsp3) is 0. The van der Waals surface area contributed by atoms with Crippen LogP contribution in [-0.2, 0) is 0 Å². The first-order chi connectivity index (χ1) is 8.54. The molecule has 0 saturated heterocycles. The van der Waals surface area contributed by atoms with Gasteiger partial charge in [0.15, 0.2) is 0 Å². The Balaban J connectivity index is 2.87. The lowest BCUT2D eigenvalue weighted by atomic mass is 9.98. The minimum Gasteiger partial charge on any atom is -0.508 e. The van der Waals surface area contributed by atoms with Gasteiger partial charge in [-0.05, 0) is 29.0 Å². The second kappa shape index (κ2) is 4.34. The molecule has 0 aromatic heterocycles. The number of hydrazine groups is 1. The van der Waals surface area contributed by atoms with Crippen LogP contribution < -0.4 is 11.3 Å². The van der Waals surface area contributed by atoms with Crippen molar-refractivity contribution in [1.29, 1.82) is 0 Å². The number of nitrogens with one attached hydrogen (secondary N) is 1. The summed E-state index contributed by atoms with van der Waals surface area (Å²) in [4.78, 5) is 22.8. The maximum atomic E-state index is 11.7. The van der Waals surface area contributed by atoms with E-state index >= 15 is 0 Å². The average molecular weight is 246 g/mol. The molecular weight excluding hydrogens is 236 g/mol. The normalized spacial score (nSPS) is 10.3. The van der Waals surface area contributed by atoms with Crippen LogP contribution in [0.25, 0.3) is 10.8 Å². The maximum Gasteiger partial charge on any atom is 0.336 e. The minimum atomic E-state index is -1.24. The van der Waals surface area contributed by atoms with E-state index in [2.05, 4.69) is 0 Å². The molecule has 18 heavy (non-hydrogen) atoms. The third-order valence-electron chi connectivity index (χ3n) is 2.59. The van der Waals surface area contributed by atoms with Gasteiger partial charge in [-0.25, -0.2) is 10.6 Å². The van der Waals surface area contributed by atoms with Crippen molar-refractivity contribution in [3.63, 3.8) is 0 Å². The molecule has 6 nitrogen and oxygen atoms in total. The minimum absolute atomic E-state index is 0.0592. The van der Waals surface area contributed by atoms with Gasteiger partial charge in [0.2, 0.25) is 0 Å². The van der Waals surface area contributed by atoms with E-state index in [0.29, 0.717) is 10.8 Å². The summed E-state index contributed by atoms with van der Waals surface area (Å²) in [7, 11) is 0. The highest BCUT2D eigenvalue weighted by molar-refractivity contribution is 6.14. The number of carboxylic acid groups (broad SMARTS) is 1. The Hall–Kier alpha value is -2.60. The summed E-state index contributed by atoms with van der Waals surface area (Å²) in [6, 6.07) is 7.25. The van der Waals surface area contributed by atoms with Gasteiger partial charge >= 0.3 is 5.97 Å². The number of rotatable bonds is 2. The standard InChI is InChI=1S/C12H10N2O4/c13-14-11(16)10-8(12(17)18)4-2-6-1-3-7(15)5-9(6)10/h1-5,15H,13H2,(H,14,16)(H,17,18). The average Bonchev–Trinajstić information content (AvgIpc) is 2.36. The van der Waals surface area contributed by atoms with Crippen molar-refractivity contribution in [1.82, 2.24) is 5.43 Å². The largest absolute Gasteiger partial charge is 0.508 e. The van der Waals surface area contributed by atoms with E-state index in [1.54, 1.807) is 12.1 Å². The molecule has 0 atom stereocenters. The third-order valence-corrected chi connectivity index (χ3v) is 2.59. The zero-order valence-electron chi connectivity index (χ0n) is 9.18. The van der Waals surface area contributed by atoms with Gasteiger partial charge in [0.25, 0.3) is 5.91 Å². The Morgan fingerprint density at radius 3 is 2.44 bits per heavy atom. The molecule has 6 heteroatoms. The number of aromatic hydroxyl groups is 1. The summed E-state index contributed by atoms with van der Waals surface area (Å²) in [5, 5.41) is 19.5. The highest BCUT2D eigenvalue weighted by Crippen LogP contribution is 2.26.